The third-order valence-corrected chi connectivity index (χ3v) is 2.93. The van der Waals surface area contributed by atoms with Crippen molar-refractivity contribution in [1.29, 1.82) is 0 Å². The van der Waals surface area contributed by atoms with Gasteiger partial charge in [-0.2, -0.15) is 13.2 Å². The van der Waals surface area contributed by atoms with Gasteiger partial charge in [-0.25, -0.2) is 4.39 Å². The molecule has 98 valence electrons. The number of halogens is 4. The first kappa shape index (κ1) is 12.9. The molecular weight excluding hydrogens is 250 g/mol. The predicted molar refractivity (Wildman–Crippen MR) is 56.3 cm³/mol. The van der Waals surface area contributed by atoms with Crippen molar-refractivity contribution in [3.63, 3.8) is 0 Å². The second-order valence-electron chi connectivity index (χ2n) is 4.21. The van der Waals surface area contributed by atoms with Crippen LogP contribution in [0.3, 0.4) is 0 Å². The number of benzene rings is 1. The number of likely N-dealkylation sites (tertiary alicyclic amines) is 1. The summed E-state index contributed by atoms with van der Waals surface area (Å²) in [6.07, 6.45) is -7.46. The lowest BCUT2D eigenvalue weighted by molar-refractivity contribution is -0.181. The molecule has 1 saturated heterocycles. The van der Waals surface area contributed by atoms with Crippen LogP contribution < -0.4 is 0 Å². The van der Waals surface area contributed by atoms with E-state index in [4.69, 9.17) is 0 Å². The highest BCUT2D eigenvalue weighted by Crippen LogP contribution is 2.35. The lowest BCUT2D eigenvalue weighted by Crippen LogP contribution is -2.42. The molecule has 0 aromatic heterocycles. The molecule has 0 radical (unpaired) electrons. The van der Waals surface area contributed by atoms with E-state index in [9.17, 15) is 22.4 Å². The zero-order valence-electron chi connectivity index (χ0n) is 9.32. The Morgan fingerprint density at radius 1 is 1.22 bits per heavy atom. The maximum Gasteiger partial charge on any atom is 0.408 e. The number of carbonyl (C=O) groups is 1. The number of hydrogen-bond acceptors (Lipinski definition) is 1. The molecule has 0 spiro atoms. The minimum Gasteiger partial charge on any atom is -0.324 e. The molecule has 1 heterocycles. The topological polar surface area (TPSA) is 20.3 Å². The van der Waals surface area contributed by atoms with E-state index >= 15 is 0 Å². The van der Waals surface area contributed by atoms with Crippen LogP contribution in [0.5, 0.6) is 0 Å². The molecule has 1 aliphatic heterocycles. The number of amides is 1. The van der Waals surface area contributed by atoms with Gasteiger partial charge < -0.3 is 4.90 Å². The highest BCUT2D eigenvalue weighted by molar-refractivity contribution is 5.83. The fourth-order valence-electron chi connectivity index (χ4n) is 2.04. The maximum atomic E-state index is 13.2. The van der Waals surface area contributed by atoms with Crippen LogP contribution in [0, 0.1) is 0 Å². The summed E-state index contributed by atoms with van der Waals surface area (Å²) in [7, 11) is 0. The van der Waals surface area contributed by atoms with Gasteiger partial charge in [-0.05, 0) is 5.56 Å². The Morgan fingerprint density at radius 3 is 2.39 bits per heavy atom. The highest BCUT2D eigenvalue weighted by atomic mass is 19.4. The molecule has 6 heteroatoms. The zero-order chi connectivity index (χ0) is 13.3. The van der Waals surface area contributed by atoms with E-state index in [2.05, 4.69) is 0 Å². The van der Waals surface area contributed by atoms with Crippen molar-refractivity contribution in [2.75, 3.05) is 0 Å². The van der Waals surface area contributed by atoms with Gasteiger partial charge in [0, 0.05) is 13.0 Å². The van der Waals surface area contributed by atoms with E-state index < -0.39 is 30.7 Å². The van der Waals surface area contributed by atoms with Gasteiger partial charge in [-0.3, -0.25) is 4.79 Å². The van der Waals surface area contributed by atoms with E-state index in [1.807, 2.05) is 0 Å². The molecule has 1 aromatic rings. The molecule has 2 atom stereocenters. The van der Waals surface area contributed by atoms with Gasteiger partial charge in [0.15, 0.2) is 6.17 Å². The minimum absolute atomic E-state index is 0.218. The number of rotatable bonds is 2. The van der Waals surface area contributed by atoms with Gasteiger partial charge in [0.1, 0.15) is 6.04 Å². The molecule has 2 unspecified atom stereocenters. The quantitative estimate of drug-likeness (QED) is 0.749. The normalized spacial score (nSPS) is 24.7. The molecule has 1 aromatic carbocycles. The molecule has 0 saturated carbocycles. The molecule has 1 fully saturated rings. The summed E-state index contributed by atoms with van der Waals surface area (Å²) in [5, 5.41) is 0. The van der Waals surface area contributed by atoms with Crippen LogP contribution in [0.4, 0.5) is 17.6 Å². The summed E-state index contributed by atoms with van der Waals surface area (Å²) in [5.74, 6) is -1.08. The molecule has 18 heavy (non-hydrogen) atoms. The first-order valence-electron chi connectivity index (χ1n) is 5.45. The van der Waals surface area contributed by atoms with E-state index in [1.54, 1.807) is 30.3 Å². The molecule has 1 aliphatic rings. The van der Waals surface area contributed by atoms with Crippen LogP contribution in [-0.2, 0) is 11.3 Å². The van der Waals surface area contributed by atoms with Crippen molar-refractivity contribution < 1.29 is 22.4 Å². The van der Waals surface area contributed by atoms with Crippen molar-refractivity contribution in [1.82, 2.24) is 4.90 Å². The molecule has 0 aliphatic carbocycles. The van der Waals surface area contributed by atoms with E-state index in [1.165, 1.54) is 0 Å². The summed E-state index contributed by atoms with van der Waals surface area (Å²) in [4.78, 5) is 12.0. The number of nitrogens with zero attached hydrogens (tertiary/aromatic N) is 1. The number of carbonyl (C=O) groups excluding carboxylic acids is 1. The van der Waals surface area contributed by atoms with Crippen molar-refractivity contribution >= 4 is 5.91 Å². The smallest absolute Gasteiger partial charge is 0.324 e. The lowest BCUT2D eigenvalue weighted by atomic mass is 10.1. The van der Waals surface area contributed by atoms with Crippen LogP contribution in [0.15, 0.2) is 30.3 Å². The van der Waals surface area contributed by atoms with Crippen molar-refractivity contribution in [3.8, 4) is 0 Å². The Morgan fingerprint density at radius 2 is 1.83 bits per heavy atom. The second kappa shape index (κ2) is 4.59. The van der Waals surface area contributed by atoms with Gasteiger partial charge in [-0.15, -0.1) is 0 Å². The third-order valence-electron chi connectivity index (χ3n) is 2.93. The zero-order valence-corrected chi connectivity index (χ0v) is 9.32. The Hall–Kier alpha value is -1.59. The average Bonchev–Trinajstić information content (AvgIpc) is 2.58. The molecule has 2 nitrogen and oxygen atoms in total. The molecule has 0 N–H and O–H groups in total. The minimum atomic E-state index is -4.59. The van der Waals surface area contributed by atoms with E-state index in [0.717, 1.165) is 0 Å². The van der Waals surface area contributed by atoms with Crippen LogP contribution in [0.2, 0.25) is 0 Å². The monoisotopic (exact) mass is 261 g/mol. The fraction of sp³-hybridized carbons (Fsp3) is 0.417. The first-order chi connectivity index (χ1) is 8.39. The van der Waals surface area contributed by atoms with E-state index in [-0.39, 0.29) is 6.54 Å². The summed E-state index contributed by atoms with van der Waals surface area (Å²) in [6.45, 7) is -0.218. The fourth-order valence-corrected chi connectivity index (χ4v) is 2.04. The molecule has 1 amide bonds. The summed E-state index contributed by atoms with van der Waals surface area (Å²) in [6, 6.07) is 6.21. The predicted octanol–water partition coefficient (Wildman–Crippen LogP) is 2.69. The average molecular weight is 261 g/mol. The molecule has 2 rings (SSSR count). The number of hydrogen-bond donors (Lipinski definition) is 0. The van der Waals surface area contributed by atoms with Crippen LogP contribution in [0.1, 0.15) is 12.0 Å². The SMILES string of the molecule is O=C1C(F)CC(C(F)(F)F)N1Cc1ccccc1. The van der Waals surface area contributed by atoms with Gasteiger partial charge in [0.05, 0.1) is 0 Å². The molecule has 0 bridgehead atoms. The van der Waals surface area contributed by atoms with Gasteiger partial charge >= 0.3 is 6.18 Å². The second-order valence-corrected chi connectivity index (χ2v) is 4.21. The summed E-state index contributed by atoms with van der Waals surface area (Å²) >= 11 is 0. The Kier molecular flexibility index (Phi) is 3.28. The van der Waals surface area contributed by atoms with E-state index in [0.29, 0.717) is 10.5 Å². The highest BCUT2D eigenvalue weighted by Gasteiger charge is 2.53. The van der Waals surface area contributed by atoms with Crippen molar-refractivity contribution in [2.24, 2.45) is 0 Å². The summed E-state index contributed by atoms with van der Waals surface area (Å²) in [5.41, 5.74) is 0.550. The van der Waals surface area contributed by atoms with Gasteiger partial charge in [0.25, 0.3) is 5.91 Å². The summed E-state index contributed by atoms with van der Waals surface area (Å²) < 4.78 is 51.3. The standard InChI is InChI=1S/C12H11F4NO/c13-9-6-10(12(14,15)16)17(11(9)18)7-8-4-2-1-3-5-8/h1-5,9-10H,6-7H2. The van der Waals surface area contributed by atoms with Crippen LogP contribution in [-0.4, -0.2) is 29.2 Å². The first-order valence-corrected chi connectivity index (χ1v) is 5.45. The molecular formula is C12H11F4NO. The largest absolute Gasteiger partial charge is 0.408 e. The van der Waals surface area contributed by atoms with Crippen molar-refractivity contribution in [3.05, 3.63) is 35.9 Å². The Labute approximate surface area is 101 Å². The van der Waals surface area contributed by atoms with Gasteiger partial charge in [-0.1, -0.05) is 30.3 Å². The number of alkyl halides is 4. The van der Waals surface area contributed by atoms with Gasteiger partial charge in [0.2, 0.25) is 0 Å². The Balaban J connectivity index is 2.20. The Bertz CT molecular complexity index is 431. The maximum absolute atomic E-state index is 13.2. The van der Waals surface area contributed by atoms with Crippen LogP contribution >= 0.6 is 0 Å². The van der Waals surface area contributed by atoms with Crippen molar-refractivity contribution in [2.45, 2.75) is 31.4 Å². The van der Waals surface area contributed by atoms with Crippen LogP contribution in [0.25, 0.3) is 0 Å². The third kappa shape index (κ3) is 2.47. The lowest BCUT2D eigenvalue weighted by Gasteiger charge is -2.26.